The number of rotatable bonds is 10. The summed E-state index contributed by atoms with van der Waals surface area (Å²) in [4.78, 5) is 22.8. The summed E-state index contributed by atoms with van der Waals surface area (Å²) in [5, 5.41) is 8.97. The van der Waals surface area contributed by atoms with Crippen molar-refractivity contribution in [3.8, 4) is 0 Å². The molecule has 0 aromatic heterocycles. The van der Waals surface area contributed by atoms with E-state index < -0.39 is 34.0 Å². The highest BCUT2D eigenvalue weighted by Gasteiger charge is 2.22. The lowest BCUT2D eigenvalue weighted by Gasteiger charge is -2.15. The molecule has 0 heterocycles. The molecule has 0 saturated heterocycles. The molecule has 1 rings (SSSR count). The fourth-order valence-electron chi connectivity index (χ4n) is 1.99. The third-order valence-electron chi connectivity index (χ3n) is 3.19. The van der Waals surface area contributed by atoms with Crippen LogP contribution in [0.15, 0.2) is 30.3 Å². The second-order valence-corrected chi connectivity index (χ2v) is 7.19. The van der Waals surface area contributed by atoms with Crippen molar-refractivity contribution >= 4 is 22.0 Å². The molecule has 0 aliphatic heterocycles. The van der Waals surface area contributed by atoms with E-state index in [2.05, 4.69) is 0 Å². The van der Waals surface area contributed by atoms with Crippen LogP contribution in [0.2, 0.25) is 0 Å². The summed E-state index contributed by atoms with van der Waals surface area (Å²) in [5.41, 5.74) is 6.54. The number of carbonyl (C=O) groups is 2. The van der Waals surface area contributed by atoms with Crippen LogP contribution in [0.25, 0.3) is 0 Å². The van der Waals surface area contributed by atoms with Crippen molar-refractivity contribution in [3.63, 3.8) is 0 Å². The lowest BCUT2D eigenvalue weighted by molar-refractivity contribution is -0.146. The van der Waals surface area contributed by atoms with Crippen LogP contribution in [-0.4, -0.2) is 43.8 Å². The van der Waals surface area contributed by atoms with Crippen molar-refractivity contribution in [2.75, 3.05) is 6.26 Å². The summed E-state index contributed by atoms with van der Waals surface area (Å²) >= 11 is 0. The van der Waals surface area contributed by atoms with Crippen LogP contribution in [0.4, 0.5) is 0 Å². The highest BCUT2D eigenvalue weighted by atomic mass is 32.2. The molecule has 0 bridgehead atoms. The largest absolute Gasteiger partial charge is 0.480 e. The number of benzene rings is 1. The predicted molar refractivity (Wildman–Crippen MR) is 87.5 cm³/mol. The van der Waals surface area contributed by atoms with E-state index in [4.69, 9.17) is 15.6 Å². The van der Waals surface area contributed by atoms with E-state index in [9.17, 15) is 18.0 Å². The van der Waals surface area contributed by atoms with Crippen LogP contribution in [0.3, 0.4) is 0 Å². The van der Waals surface area contributed by atoms with Crippen molar-refractivity contribution in [2.45, 2.75) is 38.0 Å². The first-order valence-electron chi connectivity index (χ1n) is 7.35. The Balaban J connectivity index is 2.37. The maximum Gasteiger partial charge on any atom is 0.323 e. The Morgan fingerprint density at radius 2 is 1.88 bits per heavy atom. The molecular formula is C15H22N2O6S. The molecule has 0 spiro atoms. The van der Waals surface area contributed by atoms with Gasteiger partial charge in [0, 0.05) is 0 Å². The summed E-state index contributed by atoms with van der Waals surface area (Å²) < 4.78 is 29.3. The van der Waals surface area contributed by atoms with Gasteiger partial charge >= 0.3 is 11.9 Å². The number of hydrogen-bond acceptors (Lipinski definition) is 6. The Labute approximate surface area is 141 Å². The van der Waals surface area contributed by atoms with Gasteiger partial charge in [-0.15, -0.1) is 0 Å². The molecule has 4 N–H and O–H groups in total. The quantitative estimate of drug-likeness (QED) is 0.509. The van der Waals surface area contributed by atoms with Gasteiger partial charge in [0.15, 0.2) is 0 Å². The zero-order chi connectivity index (χ0) is 18.2. The molecule has 1 aromatic rings. The fourth-order valence-corrected chi connectivity index (χ4v) is 2.72. The average Bonchev–Trinajstić information content (AvgIpc) is 2.51. The third kappa shape index (κ3) is 8.04. The first-order chi connectivity index (χ1) is 11.2. The minimum absolute atomic E-state index is 0.0298. The van der Waals surface area contributed by atoms with Gasteiger partial charge in [-0.25, -0.2) is 13.1 Å². The summed E-state index contributed by atoms with van der Waals surface area (Å²) in [6, 6.07) is 6.99. The van der Waals surface area contributed by atoms with E-state index >= 15 is 0 Å². The number of nitrogens with one attached hydrogen (secondary N) is 1. The maximum absolute atomic E-state index is 11.8. The van der Waals surface area contributed by atoms with Gasteiger partial charge in [-0.3, -0.25) is 9.59 Å². The summed E-state index contributed by atoms with van der Waals surface area (Å²) in [6.07, 6.45) is 1.38. The van der Waals surface area contributed by atoms with Crippen LogP contribution in [0, 0.1) is 0 Å². The van der Waals surface area contributed by atoms with Gasteiger partial charge in [0.05, 0.1) is 6.26 Å². The lowest BCUT2D eigenvalue weighted by atomic mass is 10.1. The number of sulfonamides is 1. The number of hydrogen-bond donors (Lipinski definition) is 3. The lowest BCUT2D eigenvalue weighted by Crippen LogP contribution is -2.40. The van der Waals surface area contributed by atoms with Gasteiger partial charge in [-0.05, 0) is 24.8 Å². The number of carboxylic acids is 1. The van der Waals surface area contributed by atoms with Gasteiger partial charge in [0.1, 0.15) is 18.7 Å². The molecule has 0 saturated carbocycles. The van der Waals surface area contributed by atoms with E-state index in [1.165, 1.54) is 0 Å². The summed E-state index contributed by atoms with van der Waals surface area (Å²) in [7, 11) is -3.63. The normalized spacial score (nSPS) is 13.9. The van der Waals surface area contributed by atoms with E-state index in [1.807, 2.05) is 35.1 Å². The number of esters is 1. The number of ether oxygens (including phenoxy) is 1. The molecule has 0 fully saturated rings. The first kappa shape index (κ1) is 20.1. The van der Waals surface area contributed by atoms with E-state index in [-0.39, 0.29) is 25.9 Å². The van der Waals surface area contributed by atoms with Crippen molar-refractivity contribution in [1.82, 2.24) is 4.72 Å². The Morgan fingerprint density at radius 3 is 2.42 bits per heavy atom. The standard InChI is InChI=1S/C15H22N2O6S/c1-24(21,22)17-13(14(18)19)9-5-8-12(16)15(20)23-10-11-6-3-2-4-7-11/h2-4,6-7,12-13,17H,5,8-10,16H2,1H3,(H,18,19)/t12?,13-/m0/s1. The van der Waals surface area contributed by atoms with Crippen LogP contribution in [0.5, 0.6) is 0 Å². The third-order valence-corrected chi connectivity index (χ3v) is 3.90. The van der Waals surface area contributed by atoms with Gasteiger partial charge < -0.3 is 15.6 Å². The van der Waals surface area contributed by atoms with Crippen molar-refractivity contribution in [3.05, 3.63) is 35.9 Å². The van der Waals surface area contributed by atoms with Crippen LogP contribution in [-0.2, 0) is 31.0 Å². The number of aliphatic carboxylic acids is 1. The minimum atomic E-state index is -3.63. The number of carboxylic acid groups (broad SMARTS) is 1. The Hall–Kier alpha value is -1.97. The molecule has 0 radical (unpaired) electrons. The van der Waals surface area contributed by atoms with Gasteiger partial charge in [-0.2, -0.15) is 0 Å². The Bertz CT molecular complexity index is 647. The van der Waals surface area contributed by atoms with Crippen molar-refractivity contribution in [1.29, 1.82) is 0 Å². The number of nitrogens with two attached hydrogens (primary N) is 1. The zero-order valence-electron chi connectivity index (χ0n) is 13.3. The van der Waals surface area contributed by atoms with Gasteiger partial charge in [-0.1, -0.05) is 30.3 Å². The van der Waals surface area contributed by atoms with E-state index in [0.717, 1.165) is 11.8 Å². The Kier molecular flexibility index (Phi) is 7.83. The molecule has 9 heteroatoms. The summed E-state index contributed by atoms with van der Waals surface area (Å²) in [5.74, 6) is -1.86. The Morgan fingerprint density at radius 1 is 1.25 bits per heavy atom. The van der Waals surface area contributed by atoms with Crippen LogP contribution in [0.1, 0.15) is 24.8 Å². The number of carbonyl (C=O) groups excluding carboxylic acids is 1. The molecule has 0 aliphatic carbocycles. The maximum atomic E-state index is 11.8. The fraction of sp³-hybridized carbons (Fsp3) is 0.467. The highest BCUT2D eigenvalue weighted by Crippen LogP contribution is 2.07. The van der Waals surface area contributed by atoms with E-state index in [1.54, 1.807) is 0 Å². The molecule has 2 atom stereocenters. The first-order valence-corrected chi connectivity index (χ1v) is 9.24. The molecule has 1 unspecified atom stereocenters. The second kappa shape index (κ2) is 9.36. The molecular weight excluding hydrogens is 336 g/mol. The van der Waals surface area contributed by atoms with E-state index in [0.29, 0.717) is 0 Å². The molecule has 24 heavy (non-hydrogen) atoms. The monoisotopic (exact) mass is 358 g/mol. The summed E-state index contributed by atoms with van der Waals surface area (Å²) in [6.45, 7) is 0.112. The molecule has 1 aromatic carbocycles. The topological polar surface area (TPSA) is 136 Å². The average molecular weight is 358 g/mol. The van der Waals surface area contributed by atoms with Crippen molar-refractivity contribution < 1.29 is 27.9 Å². The predicted octanol–water partition coefficient (Wildman–Crippen LogP) is 0.230. The van der Waals surface area contributed by atoms with Crippen LogP contribution < -0.4 is 10.5 Å². The van der Waals surface area contributed by atoms with Gasteiger partial charge in [0.2, 0.25) is 10.0 Å². The minimum Gasteiger partial charge on any atom is -0.480 e. The zero-order valence-corrected chi connectivity index (χ0v) is 14.2. The smallest absolute Gasteiger partial charge is 0.323 e. The molecule has 8 nitrogen and oxygen atoms in total. The molecule has 134 valence electrons. The SMILES string of the molecule is CS(=O)(=O)N[C@@H](CCCC(N)C(=O)OCc1ccccc1)C(=O)O. The van der Waals surface area contributed by atoms with Crippen LogP contribution >= 0.6 is 0 Å². The highest BCUT2D eigenvalue weighted by molar-refractivity contribution is 7.88. The molecule has 0 aliphatic rings. The van der Waals surface area contributed by atoms with Gasteiger partial charge in [0.25, 0.3) is 0 Å². The molecule has 0 amide bonds. The van der Waals surface area contributed by atoms with Crippen molar-refractivity contribution in [2.24, 2.45) is 5.73 Å². The second-order valence-electron chi connectivity index (χ2n) is 5.41.